The number of hydrogen-bond acceptors (Lipinski definition) is 7. The molecule has 2 aromatic rings. The summed E-state index contributed by atoms with van der Waals surface area (Å²) in [6.45, 7) is 4.33. The molecule has 4 N–H and O–H groups in total. The van der Waals surface area contributed by atoms with Crippen molar-refractivity contribution in [1.29, 1.82) is 0 Å². The van der Waals surface area contributed by atoms with E-state index in [-0.39, 0.29) is 0 Å². The lowest BCUT2D eigenvalue weighted by molar-refractivity contribution is -0.170. The molecule has 0 amide bonds. The zero-order valence-corrected chi connectivity index (χ0v) is 20.2. The third-order valence-corrected chi connectivity index (χ3v) is 5.09. The summed E-state index contributed by atoms with van der Waals surface area (Å²) in [5, 5.41) is 33.8. The maximum Gasteiger partial charge on any atom is 0.336 e. The van der Waals surface area contributed by atoms with Gasteiger partial charge in [-0.05, 0) is 56.7 Å². The summed E-state index contributed by atoms with van der Waals surface area (Å²) in [4.78, 5) is 39.4. The Morgan fingerprint density at radius 2 is 1.40 bits per heavy atom. The van der Waals surface area contributed by atoms with Crippen LogP contribution < -0.4 is 0 Å². The highest BCUT2D eigenvalue weighted by Crippen LogP contribution is 2.15. The summed E-state index contributed by atoms with van der Waals surface area (Å²) in [6.07, 6.45) is 3.81. The molecule has 0 bridgehead atoms. The number of likely N-dealkylation sites (N-methyl/N-ethyl adjacent to an activating group) is 1. The lowest BCUT2D eigenvalue weighted by Crippen LogP contribution is -2.42. The van der Waals surface area contributed by atoms with Crippen LogP contribution in [0.25, 0.3) is 0 Å². The van der Waals surface area contributed by atoms with Crippen LogP contribution in [0.5, 0.6) is 0 Å². The molecule has 192 valence electrons. The first kappa shape index (κ1) is 29.7. The minimum atomic E-state index is -2.74. The van der Waals surface area contributed by atoms with Crippen molar-refractivity contribution in [2.45, 2.75) is 37.8 Å². The number of hydrogen-bond donors (Lipinski definition) is 4. The molecule has 0 aliphatic carbocycles. The second-order valence-electron chi connectivity index (χ2n) is 8.50. The monoisotopic (exact) mass is 489 g/mol. The Balaban J connectivity index is 0.000000405. The van der Waals surface area contributed by atoms with Crippen LogP contribution in [0.2, 0.25) is 0 Å². The molecule has 0 saturated heterocycles. The molecule has 0 unspecified atom stereocenters. The van der Waals surface area contributed by atoms with Crippen LogP contribution in [0.3, 0.4) is 0 Å². The lowest BCUT2D eigenvalue weighted by Gasteiger charge is -2.24. The third kappa shape index (κ3) is 13.2. The van der Waals surface area contributed by atoms with Crippen molar-refractivity contribution in [2.75, 3.05) is 33.7 Å². The van der Waals surface area contributed by atoms with Crippen molar-refractivity contribution in [3.63, 3.8) is 0 Å². The Labute approximate surface area is 205 Å². The van der Waals surface area contributed by atoms with Gasteiger partial charge in [0.25, 0.3) is 0 Å². The second kappa shape index (κ2) is 15.5. The molecule has 0 fully saturated rings. The maximum absolute atomic E-state index is 10.3. The summed E-state index contributed by atoms with van der Waals surface area (Å²) in [6, 6.07) is 15.0. The van der Waals surface area contributed by atoms with Gasteiger partial charge in [0.15, 0.2) is 5.60 Å². The standard InChI is InChI=1S/C19H27N3.C6H8O7/c1-21(2)15-16-22(17-19-10-12-20-13-11-19)14-6-9-18-7-4-3-5-8-18;7-3(8)1-6(13,5(11)12)2-4(9)10/h3-5,7-8,10-13H,6,9,14-17H2,1-2H3;13H,1-2H2,(H,7,8)(H,9,10)(H,11,12). The van der Waals surface area contributed by atoms with E-state index in [1.54, 1.807) is 0 Å². The van der Waals surface area contributed by atoms with Crippen molar-refractivity contribution >= 4 is 17.9 Å². The van der Waals surface area contributed by atoms with Gasteiger partial charge >= 0.3 is 17.9 Å². The SMILES string of the molecule is CN(C)CCN(CCCc1ccccc1)Cc1ccncc1.O=C(O)CC(O)(CC(=O)O)C(=O)O. The normalized spacial score (nSPS) is 11.1. The van der Waals surface area contributed by atoms with Crippen LogP contribution in [-0.4, -0.2) is 92.4 Å². The van der Waals surface area contributed by atoms with E-state index in [9.17, 15) is 14.4 Å². The van der Waals surface area contributed by atoms with Gasteiger partial charge in [-0.2, -0.15) is 0 Å². The Kier molecular flexibility index (Phi) is 13.2. The summed E-state index contributed by atoms with van der Waals surface area (Å²) < 4.78 is 0. The van der Waals surface area contributed by atoms with Crippen molar-refractivity contribution in [3.05, 3.63) is 66.0 Å². The Morgan fingerprint density at radius 1 is 0.829 bits per heavy atom. The van der Waals surface area contributed by atoms with Gasteiger partial charge in [-0.1, -0.05) is 30.3 Å². The van der Waals surface area contributed by atoms with E-state index in [0.717, 1.165) is 32.6 Å². The van der Waals surface area contributed by atoms with Crippen LogP contribution in [0.15, 0.2) is 54.9 Å². The van der Waals surface area contributed by atoms with Gasteiger partial charge in [0, 0.05) is 32.0 Å². The average Bonchev–Trinajstić information content (AvgIpc) is 2.78. The van der Waals surface area contributed by atoms with Crippen LogP contribution in [-0.2, 0) is 27.3 Å². The summed E-state index contributed by atoms with van der Waals surface area (Å²) in [5.74, 6) is -5.02. The van der Waals surface area contributed by atoms with Gasteiger partial charge in [0.1, 0.15) is 0 Å². The lowest BCUT2D eigenvalue weighted by atomic mass is 9.96. The number of rotatable bonds is 14. The predicted octanol–water partition coefficient (Wildman–Crippen LogP) is 1.83. The number of aryl methyl sites for hydroxylation is 1. The van der Waals surface area contributed by atoms with Crippen molar-refractivity contribution in [3.8, 4) is 0 Å². The van der Waals surface area contributed by atoms with E-state index in [0.29, 0.717) is 0 Å². The fraction of sp³-hybridized carbons (Fsp3) is 0.440. The van der Waals surface area contributed by atoms with Gasteiger partial charge < -0.3 is 25.3 Å². The first-order valence-electron chi connectivity index (χ1n) is 11.2. The number of aliphatic carboxylic acids is 3. The fourth-order valence-corrected chi connectivity index (χ4v) is 3.22. The van der Waals surface area contributed by atoms with E-state index in [4.69, 9.17) is 20.4 Å². The molecule has 10 heteroatoms. The number of carboxylic acid groups (broad SMARTS) is 3. The summed E-state index contributed by atoms with van der Waals surface area (Å²) in [5.41, 5.74) is 0.0323. The molecule has 0 aliphatic heterocycles. The quantitative estimate of drug-likeness (QED) is 0.309. The van der Waals surface area contributed by atoms with Gasteiger partial charge in [-0.25, -0.2) is 4.79 Å². The van der Waals surface area contributed by atoms with E-state index in [2.05, 4.69) is 71.3 Å². The van der Waals surface area contributed by atoms with Gasteiger partial charge in [0.2, 0.25) is 0 Å². The minimum Gasteiger partial charge on any atom is -0.481 e. The number of benzene rings is 1. The molecule has 10 nitrogen and oxygen atoms in total. The average molecular weight is 490 g/mol. The topological polar surface area (TPSA) is 152 Å². The highest BCUT2D eigenvalue weighted by molar-refractivity contribution is 5.88. The molecule has 35 heavy (non-hydrogen) atoms. The third-order valence-electron chi connectivity index (χ3n) is 5.09. The first-order chi connectivity index (χ1) is 16.5. The maximum atomic E-state index is 10.3. The smallest absolute Gasteiger partial charge is 0.336 e. The van der Waals surface area contributed by atoms with Gasteiger partial charge in [-0.15, -0.1) is 0 Å². The Bertz CT molecular complexity index is 892. The van der Waals surface area contributed by atoms with Crippen LogP contribution >= 0.6 is 0 Å². The Morgan fingerprint density at radius 3 is 1.89 bits per heavy atom. The van der Waals surface area contributed by atoms with E-state index >= 15 is 0 Å². The van der Waals surface area contributed by atoms with E-state index in [1.807, 2.05) is 12.4 Å². The van der Waals surface area contributed by atoms with Crippen molar-refractivity contribution in [1.82, 2.24) is 14.8 Å². The molecule has 1 aromatic carbocycles. The van der Waals surface area contributed by atoms with Crippen molar-refractivity contribution in [2.24, 2.45) is 0 Å². The molecule has 0 aliphatic rings. The van der Waals surface area contributed by atoms with E-state index in [1.165, 1.54) is 17.5 Å². The Hall–Kier alpha value is -3.34. The molecule has 1 aromatic heterocycles. The predicted molar refractivity (Wildman–Crippen MR) is 130 cm³/mol. The van der Waals surface area contributed by atoms with Gasteiger partial charge in [-0.3, -0.25) is 19.5 Å². The fourth-order valence-electron chi connectivity index (χ4n) is 3.22. The second-order valence-corrected chi connectivity index (χ2v) is 8.50. The van der Waals surface area contributed by atoms with Crippen LogP contribution in [0, 0.1) is 0 Å². The largest absolute Gasteiger partial charge is 0.481 e. The number of pyridine rings is 1. The van der Waals surface area contributed by atoms with E-state index < -0.39 is 36.4 Å². The van der Waals surface area contributed by atoms with Crippen molar-refractivity contribution < 1.29 is 34.8 Å². The molecular formula is C25H35N3O7. The van der Waals surface area contributed by atoms with Crippen LogP contribution in [0.1, 0.15) is 30.4 Å². The molecule has 0 spiro atoms. The molecule has 0 atom stereocenters. The first-order valence-corrected chi connectivity index (χ1v) is 11.2. The zero-order valence-electron chi connectivity index (χ0n) is 20.2. The summed E-state index contributed by atoms with van der Waals surface area (Å²) >= 11 is 0. The molecular weight excluding hydrogens is 454 g/mol. The molecule has 2 rings (SSSR count). The molecule has 0 saturated carbocycles. The number of aliphatic hydroxyl groups is 1. The number of carbonyl (C=O) groups is 3. The highest BCUT2D eigenvalue weighted by atomic mass is 16.4. The number of carboxylic acids is 3. The number of aromatic nitrogens is 1. The minimum absolute atomic E-state index is 1.01. The molecule has 1 heterocycles. The number of nitrogens with zero attached hydrogens (tertiary/aromatic N) is 3. The molecule has 0 radical (unpaired) electrons. The highest BCUT2D eigenvalue weighted by Gasteiger charge is 2.40. The zero-order chi connectivity index (χ0) is 26.3. The summed E-state index contributed by atoms with van der Waals surface area (Å²) in [7, 11) is 4.27. The van der Waals surface area contributed by atoms with Crippen LogP contribution in [0.4, 0.5) is 0 Å². The van der Waals surface area contributed by atoms with Gasteiger partial charge in [0.05, 0.1) is 12.8 Å².